The summed E-state index contributed by atoms with van der Waals surface area (Å²) in [7, 11) is 0. The maximum absolute atomic E-state index is 12.4. The number of nitrogens with one attached hydrogen (secondary N) is 1. The first-order valence-electron chi connectivity index (χ1n) is 7.95. The van der Waals surface area contributed by atoms with Crippen LogP contribution in [0.1, 0.15) is 17.3 Å². The minimum Gasteiger partial charge on any atom is -0.462 e. The largest absolute Gasteiger partial charge is 0.462 e. The van der Waals surface area contributed by atoms with Gasteiger partial charge in [-0.05, 0) is 37.3 Å². The lowest BCUT2D eigenvalue weighted by Crippen LogP contribution is -2.16. The van der Waals surface area contributed by atoms with Crippen LogP contribution in [0.15, 0.2) is 53.4 Å². The molecule has 0 aliphatic heterocycles. The highest BCUT2D eigenvalue weighted by molar-refractivity contribution is 8.00. The highest BCUT2D eigenvalue weighted by Crippen LogP contribution is 2.36. The molecule has 0 aliphatic carbocycles. The van der Waals surface area contributed by atoms with E-state index in [9.17, 15) is 9.59 Å². The van der Waals surface area contributed by atoms with Gasteiger partial charge in [0.15, 0.2) is 0 Å². The Morgan fingerprint density at radius 2 is 1.88 bits per heavy atom. The van der Waals surface area contributed by atoms with Crippen molar-refractivity contribution in [3.8, 4) is 0 Å². The van der Waals surface area contributed by atoms with Gasteiger partial charge in [0.1, 0.15) is 10.6 Å². The quantitative estimate of drug-likeness (QED) is 0.437. The van der Waals surface area contributed by atoms with Crippen LogP contribution >= 0.6 is 34.7 Å². The second kappa shape index (κ2) is 8.58. The highest BCUT2D eigenvalue weighted by Gasteiger charge is 2.21. The van der Waals surface area contributed by atoms with Crippen molar-refractivity contribution in [1.29, 1.82) is 0 Å². The van der Waals surface area contributed by atoms with Crippen molar-refractivity contribution in [3.63, 3.8) is 0 Å². The molecule has 3 rings (SSSR count). The number of hydrogen-bond acceptors (Lipinski definition) is 5. The number of ether oxygens (including phenoxy) is 1. The van der Waals surface area contributed by atoms with Crippen molar-refractivity contribution in [3.05, 3.63) is 59.1 Å². The third-order valence-corrected chi connectivity index (χ3v) is 5.86. The predicted molar refractivity (Wildman–Crippen MR) is 109 cm³/mol. The van der Waals surface area contributed by atoms with E-state index in [0.717, 1.165) is 15.0 Å². The van der Waals surface area contributed by atoms with Gasteiger partial charge in [0, 0.05) is 20.0 Å². The Kier molecular flexibility index (Phi) is 6.19. The number of anilines is 1. The zero-order valence-electron chi connectivity index (χ0n) is 14.0. The monoisotopic (exact) mass is 405 g/mol. The Morgan fingerprint density at radius 3 is 2.62 bits per heavy atom. The molecule has 1 amide bonds. The summed E-state index contributed by atoms with van der Waals surface area (Å²) in [6, 6.07) is 14.8. The van der Waals surface area contributed by atoms with Crippen molar-refractivity contribution < 1.29 is 14.3 Å². The lowest BCUT2D eigenvalue weighted by Gasteiger charge is -2.07. The Morgan fingerprint density at radius 1 is 1.15 bits per heavy atom. The van der Waals surface area contributed by atoms with E-state index in [0.29, 0.717) is 15.6 Å². The molecule has 0 radical (unpaired) electrons. The summed E-state index contributed by atoms with van der Waals surface area (Å²) in [4.78, 5) is 25.7. The van der Waals surface area contributed by atoms with Gasteiger partial charge >= 0.3 is 5.97 Å². The smallest absolute Gasteiger partial charge is 0.341 e. The van der Waals surface area contributed by atoms with E-state index in [4.69, 9.17) is 16.3 Å². The van der Waals surface area contributed by atoms with E-state index < -0.39 is 5.97 Å². The summed E-state index contributed by atoms with van der Waals surface area (Å²) >= 11 is 8.64. The van der Waals surface area contributed by atoms with Crippen molar-refractivity contribution in [1.82, 2.24) is 0 Å². The molecule has 0 fully saturated rings. The number of carbonyl (C=O) groups is 2. The first-order chi connectivity index (χ1) is 12.6. The third-order valence-electron chi connectivity index (χ3n) is 3.51. The van der Waals surface area contributed by atoms with Crippen LogP contribution in [0.4, 0.5) is 5.00 Å². The van der Waals surface area contributed by atoms with Gasteiger partial charge in [-0.2, -0.15) is 0 Å². The van der Waals surface area contributed by atoms with Crippen LogP contribution < -0.4 is 5.32 Å². The minimum atomic E-state index is -0.425. The van der Waals surface area contributed by atoms with E-state index in [1.165, 1.54) is 23.1 Å². The highest BCUT2D eigenvalue weighted by atomic mass is 35.5. The van der Waals surface area contributed by atoms with Gasteiger partial charge in [0.05, 0.1) is 12.4 Å². The number of hydrogen-bond donors (Lipinski definition) is 1. The average Bonchev–Trinajstić information content (AvgIpc) is 2.99. The molecule has 1 heterocycles. The predicted octanol–water partition coefficient (Wildman–Crippen LogP) is 5.46. The summed E-state index contributed by atoms with van der Waals surface area (Å²) in [5, 5.41) is 4.82. The number of benzene rings is 2. The van der Waals surface area contributed by atoms with Crippen molar-refractivity contribution in [2.45, 2.75) is 11.8 Å². The molecular weight excluding hydrogens is 390 g/mol. The van der Waals surface area contributed by atoms with E-state index in [1.807, 2.05) is 36.4 Å². The molecule has 0 unspecified atom stereocenters. The molecule has 0 aliphatic rings. The molecule has 0 bridgehead atoms. The van der Waals surface area contributed by atoms with Gasteiger partial charge in [-0.15, -0.1) is 23.1 Å². The molecule has 26 heavy (non-hydrogen) atoms. The minimum absolute atomic E-state index is 0.179. The molecule has 1 N–H and O–H groups in total. The van der Waals surface area contributed by atoms with E-state index in [-0.39, 0.29) is 18.3 Å². The van der Waals surface area contributed by atoms with Crippen LogP contribution in [0.5, 0.6) is 0 Å². The number of thiophene rings is 1. The Balaban J connectivity index is 1.76. The Hall–Kier alpha value is -2.02. The van der Waals surface area contributed by atoms with Crippen molar-refractivity contribution in [2.24, 2.45) is 0 Å². The SMILES string of the molecule is CCOC(=O)c1c(NC(=O)CSc2ccc(Cl)cc2)sc2ccccc12. The standard InChI is InChI=1S/C19H16ClNO3S2/c1-2-24-19(23)17-14-5-3-4-6-15(14)26-18(17)21-16(22)11-25-13-9-7-12(20)8-10-13/h3-10H,2,11H2,1H3,(H,21,22). The first kappa shape index (κ1) is 18.8. The second-order valence-corrected chi connectivity index (χ2v) is 7.85. The molecule has 1 aromatic heterocycles. The maximum atomic E-state index is 12.4. The first-order valence-corrected chi connectivity index (χ1v) is 10.1. The lowest BCUT2D eigenvalue weighted by atomic mass is 10.1. The summed E-state index contributed by atoms with van der Waals surface area (Å²) in [6.07, 6.45) is 0. The fourth-order valence-electron chi connectivity index (χ4n) is 2.38. The Bertz CT molecular complexity index is 938. The van der Waals surface area contributed by atoms with Gasteiger partial charge in [-0.3, -0.25) is 4.79 Å². The molecular formula is C19H16ClNO3S2. The van der Waals surface area contributed by atoms with Crippen LogP contribution in [0, 0.1) is 0 Å². The Labute approximate surface area is 164 Å². The number of thioether (sulfide) groups is 1. The molecule has 0 saturated heterocycles. The maximum Gasteiger partial charge on any atom is 0.341 e. The van der Waals surface area contributed by atoms with Crippen molar-refractivity contribution in [2.75, 3.05) is 17.7 Å². The molecule has 134 valence electrons. The van der Waals surface area contributed by atoms with E-state index >= 15 is 0 Å². The lowest BCUT2D eigenvalue weighted by molar-refractivity contribution is -0.113. The van der Waals surface area contributed by atoms with Gasteiger partial charge in [-0.1, -0.05) is 29.8 Å². The number of fused-ring (bicyclic) bond motifs is 1. The summed E-state index contributed by atoms with van der Waals surface area (Å²) in [5.41, 5.74) is 0.414. The van der Waals surface area contributed by atoms with Gasteiger partial charge in [-0.25, -0.2) is 4.79 Å². The molecule has 7 heteroatoms. The van der Waals surface area contributed by atoms with Gasteiger partial charge < -0.3 is 10.1 Å². The van der Waals surface area contributed by atoms with Crippen LogP contribution in [-0.2, 0) is 9.53 Å². The van der Waals surface area contributed by atoms with Gasteiger partial charge in [0.2, 0.25) is 5.91 Å². The zero-order chi connectivity index (χ0) is 18.5. The van der Waals surface area contributed by atoms with Crippen LogP contribution in [0.25, 0.3) is 10.1 Å². The fourth-order valence-corrected chi connectivity index (χ4v) is 4.31. The number of amides is 1. The molecule has 3 aromatic rings. The molecule has 2 aromatic carbocycles. The zero-order valence-corrected chi connectivity index (χ0v) is 16.3. The number of rotatable bonds is 6. The second-order valence-electron chi connectivity index (χ2n) is 5.31. The van der Waals surface area contributed by atoms with Crippen LogP contribution in [-0.4, -0.2) is 24.2 Å². The average molecular weight is 406 g/mol. The van der Waals surface area contributed by atoms with Crippen molar-refractivity contribution >= 4 is 61.7 Å². The van der Waals surface area contributed by atoms with Crippen LogP contribution in [0.3, 0.4) is 0 Å². The van der Waals surface area contributed by atoms with E-state index in [2.05, 4.69) is 5.32 Å². The van der Waals surface area contributed by atoms with Gasteiger partial charge in [0.25, 0.3) is 0 Å². The normalized spacial score (nSPS) is 10.7. The number of carbonyl (C=O) groups excluding carboxylic acids is 2. The third kappa shape index (κ3) is 4.38. The summed E-state index contributed by atoms with van der Waals surface area (Å²) < 4.78 is 6.08. The number of esters is 1. The molecule has 0 saturated carbocycles. The topological polar surface area (TPSA) is 55.4 Å². The molecule has 0 spiro atoms. The number of halogens is 1. The molecule has 0 atom stereocenters. The van der Waals surface area contributed by atoms with E-state index in [1.54, 1.807) is 19.1 Å². The molecule has 4 nitrogen and oxygen atoms in total. The fraction of sp³-hybridized carbons (Fsp3) is 0.158. The van der Waals surface area contributed by atoms with Crippen LogP contribution in [0.2, 0.25) is 5.02 Å². The summed E-state index contributed by atoms with van der Waals surface area (Å²) in [5.74, 6) is -0.370. The summed E-state index contributed by atoms with van der Waals surface area (Å²) in [6.45, 7) is 2.04.